The van der Waals surface area contributed by atoms with Gasteiger partial charge in [-0.25, -0.2) is 4.39 Å². The first-order chi connectivity index (χ1) is 7.68. The average molecular weight is 308 g/mol. The highest BCUT2D eigenvalue weighted by Crippen LogP contribution is 2.27. The van der Waals surface area contributed by atoms with Crippen molar-refractivity contribution in [3.05, 3.63) is 33.0 Å². The molecule has 88 valence electrons. The Hall–Kier alpha value is -0.160. The van der Waals surface area contributed by atoms with Crippen LogP contribution in [0.4, 0.5) is 4.39 Å². The Kier molecular flexibility index (Phi) is 4.19. The molecule has 2 rings (SSSR count). The van der Waals surface area contributed by atoms with Crippen LogP contribution in [0.25, 0.3) is 0 Å². The molecule has 2 nitrogen and oxygen atoms in total. The first-order valence-electron chi connectivity index (χ1n) is 5.24. The quantitative estimate of drug-likeness (QED) is 0.845. The maximum Gasteiger partial charge on any atom is 0.156 e. The number of piperazine rings is 1. The number of nitrogens with one attached hydrogen (secondary N) is 1. The minimum atomic E-state index is -0.366. The maximum absolute atomic E-state index is 13.5. The van der Waals surface area contributed by atoms with Crippen molar-refractivity contribution in [2.75, 3.05) is 26.2 Å². The van der Waals surface area contributed by atoms with Gasteiger partial charge in [-0.1, -0.05) is 17.7 Å². The normalized spacial score (nSPS) is 17.7. The molecule has 0 spiro atoms. The van der Waals surface area contributed by atoms with Crippen molar-refractivity contribution in [3.63, 3.8) is 0 Å². The predicted octanol–water partition coefficient (Wildman–Crippen LogP) is 2.65. The highest BCUT2D eigenvalue weighted by molar-refractivity contribution is 9.10. The Morgan fingerprint density at radius 1 is 1.38 bits per heavy atom. The molecule has 16 heavy (non-hydrogen) atoms. The van der Waals surface area contributed by atoms with Crippen molar-refractivity contribution in [3.8, 4) is 0 Å². The lowest BCUT2D eigenvalue weighted by molar-refractivity contribution is 0.232. The summed E-state index contributed by atoms with van der Waals surface area (Å²) in [5.74, 6) is -0.366. The molecule has 0 radical (unpaired) electrons. The second-order valence-corrected chi connectivity index (χ2v) is 5.06. The van der Waals surface area contributed by atoms with E-state index in [1.807, 2.05) is 6.07 Å². The maximum atomic E-state index is 13.5. The first-order valence-corrected chi connectivity index (χ1v) is 6.41. The van der Waals surface area contributed by atoms with E-state index >= 15 is 0 Å². The lowest BCUT2D eigenvalue weighted by Crippen LogP contribution is -2.42. The third kappa shape index (κ3) is 2.74. The van der Waals surface area contributed by atoms with E-state index in [-0.39, 0.29) is 10.8 Å². The summed E-state index contributed by atoms with van der Waals surface area (Å²) in [4.78, 5) is 2.30. The Bertz CT molecular complexity index is 380. The van der Waals surface area contributed by atoms with Crippen LogP contribution in [0.2, 0.25) is 5.02 Å². The van der Waals surface area contributed by atoms with E-state index in [9.17, 15) is 4.39 Å². The highest BCUT2D eigenvalue weighted by atomic mass is 79.9. The van der Waals surface area contributed by atoms with Crippen molar-refractivity contribution in [2.24, 2.45) is 0 Å². The molecule has 0 aromatic heterocycles. The number of hydrogen-bond donors (Lipinski definition) is 1. The zero-order valence-electron chi connectivity index (χ0n) is 8.77. The monoisotopic (exact) mass is 306 g/mol. The van der Waals surface area contributed by atoms with Gasteiger partial charge in [0.15, 0.2) is 5.82 Å². The zero-order valence-corrected chi connectivity index (χ0v) is 11.1. The van der Waals surface area contributed by atoms with Gasteiger partial charge in [0.25, 0.3) is 0 Å². The van der Waals surface area contributed by atoms with Gasteiger partial charge in [0, 0.05) is 32.7 Å². The van der Waals surface area contributed by atoms with Gasteiger partial charge in [-0.3, -0.25) is 4.90 Å². The zero-order chi connectivity index (χ0) is 11.5. The van der Waals surface area contributed by atoms with Crippen molar-refractivity contribution >= 4 is 27.5 Å². The van der Waals surface area contributed by atoms with Crippen LogP contribution in [0, 0.1) is 5.82 Å². The lowest BCUT2D eigenvalue weighted by Gasteiger charge is -2.27. The van der Waals surface area contributed by atoms with E-state index in [0.717, 1.165) is 38.3 Å². The summed E-state index contributed by atoms with van der Waals surface area (Å²) >= 11 is 8.96. The third-order valence-electron chi connectivity index (χ3n) is 2.72. The standard InChI is InChI=1S/C11H13BrClFN2/c12-10-8(1-2-9(13)11(10)14)7-16-5-3-15-4-6-16/h1-2,15H,3-7H2. The van der Waals surface area contributed by atoms with Crippen molar-refractivity contribution in [1.29, 1.82) is 0 Å². The third-order valence-corrected chi connectivity index (χ3v) is 3.87. The van der Waals surface area contributed by atoms with Gasteiger partial charge in [-0.15, -0.1) is 0 Å². The van der Waals surface area contributed by atoms with E-state index in [4.69, 9.17) is 11.6 Å². The Morgan fingerprint density at radius 2 is 2.06 bits per heavy atom. The van der Waals surface area contributed by atoms with Crippen LogP contribution in [0.3, 0.4) is 0 Å². The van der Waals surface area contributed by atoms with Crippen LogP contribution >= 0.6 is 27.5 Å². The minimum Gasteiger partial charge on any atom is -0.314 e. The fourth-order valence-electron chi connectivity index (χ4n) is 1.80. The van der Waals surface area contributed by atoms with E-state index in [1.54, 1.807) is 6.07 Å². The number of rotatable bonds is 2. The highest BCUT2D eigenvalue weighted by Gasteiger charge is 2.14. The van der Waals surface area contributed by atoms with Crippen LogP contribution in [0.1, 0.15) is 5.56 Å². The fraction of sp³-hybridized carbons (Fsp3) is 0.455. The molecule has 0 amide bonds. The first kappa shape index (κ1) is 12.3. The van der Waals surface area contributed by atoms with Crippen molar-refractivity contribution in [1.82, 2.24) is 10.2 Å². The number of halogens is 3. The topological polar surface area (TPSA) is 15.3 Å². The second kappa shape index (κ2) is 5.45. The minimum absolute atomic E-state index is 0.163. The lowest BCUT2D eigenvalue weighted by atomic mass is 10.2. The summed E-state index contributed by atoms with van der Waals surface area (Å²) in [6, 6.07) is 3.48. The van der Waals surface area contributed by atoms with Gasteiger partial charge >= 0.3 is 0 Å². The van der Waals surface area contributed by atoms with Gasteiger partial charge < -0.3 is 5.32 Å². The van der Waals surface area contributed by atoms with Crippen molar-refractivity contribution in [2.45, 2.75) is 6.54 Å². The van der Waals surface area contributed by atoms with Crippen LogP contribution in [0.5, 0.6) is 0 Å². The molecule has 1 N–H and O–H groups in total. The van der Waals surface area contributed by atoms with Gasteiger partial charge in [0.2, 0.25) is 0 Å². The molecule has 5 heteroatoms. The summed E-state index contributed by atoms with van der Waals surface area (Å²) < 4.78 is 14.0. The molecular formula is C11H13BrClFN2. The van der Waals surface area contributed by atoms with Crippen molar-refractivity contribution < 1.29 is 4.39 Å². The van der Waals surface area contributed by atoms with E-state index in [1.165, 1.54) is 0 Å². The molecule has 1 aliphatic heterocycles. The summed E-state index contributed by atoms with van der Waals surface area (Å²) in [5.41, 5.74) is 0.948. The fourth-order valence-corrected chi connectivity index (χ4v) is 2.54. The van der Waals surface area contributed by atoms with E-state index < -0.39 is 0 Å². The number of hydrogen-bond acceptors (Lipinski definition) is 2. The van der Waals surface area contributed by atoms with Crippen LogP contribution < -0.4 is 5.32 Å². The van der Waals surface area contributed by atoms with E-state index in [2.05, 4.69) is 26.1 Å². The van der Waals surface area contributed by atoms with Gasteiger partial charge in [-0.2, -0.15) is 0 Å². The molecule has 1 heterocycles. The number of nitrogens with zero attached hydrogens (tertiary/aromatic N) is 1. The molecule has 0 saturated carbocycles. The smallest absolute Gasteiger partial charge is 0.156 e. The largest absolute Gasteiger partial charge is 0.314 e. The second-order valence-electron chi connectivity index (χ2n) is 3.86. The Morgan fingerprint density at radius 3 is 2.75 bits per heavy atom. The summed E-state index contributed by atoms with van der Waals surface area (Å²) in [6.45, 7) is 4.74. The predicted molar refractivity (Wildman–Crippen MR) is 67.3 cm³/mol. The van der Waals surface area contributed by atoms with E-state index in [0.29, 0.717) is 4.47 Å². The molecular weight excluding hydrogens is 294 g/mol. The molecule has 1 aliphatic rings. The molecule has 0 atom stereocenters. The molecule has 0 unspecified atom stereocenters. The summed E-state index contributed by atoms with van der Waals surface area (Å²) in [7, 11) is 0. The molecule has 0 aliphatic carbocycles. The molecule has 1 aromatic carbocycles. The molecule has 1 fully saturated rings. The van der Waals surface area contributed by atoms with Gasteiger partial charge in [-0.05, 0) is 27.6 Å². The van der Waals surface area contributed by atoms with Gasteiger partial charge in [0.05, 0.1) is 9.50 Å². The van der Waals surface area contributed by atoms with Gasteiger partial charge in [0.1, 0.15) is 0 Å². The van der Waals surface area contributed by atoms with Crippen LogP contribution in [0.15, 0.2) is 16.6 Å². The average Bonchev–Trinajstić information content (AvgIpc) is 2.31. The van der Waals surface area contributed by atoms with Crippen LogP contribution in [-0.2, 0) is 6.54 Å². The SMILES string of the molecule is Fc1c(Cl)ccc(CN2CCNCC2)c1Br. The Balaban J connectivity index is 2.11. The molecule has 1 aromatic rings. The van der Waals surface area contributed by atoms with Crippen LogP contribution in [-0.4, -0.2) is 31.1 Å². The summed E-state index contributed by atoms with van der Waals surface area (Å²) in [6.07, 6.45) is 0. The molecule has 1 saturated heterocycles. The number of benzene rings is 1. The Labute approximate surface area is 108 Å². The molecule has 0 bridgehead atoms. The summed E-state index contributed by atoms with van der Waals surface area (Å²) in [5, 5.41) is 3.45.